The fraction of sp³-hybridized carbons (Fsp3) is 0.519. The lowest BCUT2D eigenvalue weighted by atomic mass is 10.1. The van der Waals surface area contributed by atoms with Crippen LogP contribution in [0.1, 0.15) is 85.8 Å². The van der Waals surface area contributed by atoms with E-state index in [1.165, 1.54) is 81.4 Å². The van der Waals surface area contributed by atoms with Crippen molar-refractivity contribution < 1.29 is 9.53 Å². The van der Waals surface area contributed by atoms with Crippen LogP contribution >= 0.6 is 34.0 Å². The highest BCUT2D eigenvalue weighted by Gasteiger charge is 2.16. The summed E-state index contributed by atoms with van der Waals surface area (Å²) in [5, 5.41) is 0. The molecule has 32 heavy (non-hydrogen) atoms. The quantitative estimate of drug-likeness (QED) is 0.177. The van der Waals surface area contributed by atoms with E-state index in [0.717, 1.165) is 11.3 Å². The normalized spacial score (nSPS) is 12.2. The first-order chi connectivity index (χ1) is 15.5. The van der Waals surface area contributed by atoms with Crippen LogP contribution in [0.2, 0.25) is 0 Å². The topological polar surface area (TPSA) is 26.3 Å². The highest BCUT2D eigenvalue weighted by Crippen LogP contribution is 2.42. The van der Waals surface area contributed by atoms with Gasteiger partial charge in [-0.25, -0.2) is 4.79 Å². The van der Waals surface area contributed by atoms with E-state index in [-0.39, 0.29) is 5.97 Å². The zero-order chi connectivity index (χ0) is 22.9. The summed E-state index contributed by atoms with van der Waals surface area (Å²) >= 11 is 5.30. The van der Waals surface area contributed by atoms with Gasteiger partial charge in [-0.3, -0.25) is 0 Å². The average molecular weight is 489 g/mol. The molecule has 0 unspecified atom stereocenters. The van der Waals surface area contributed by atoms with Gasteiger partial charge in [0.2, 0.25) is 0 Å². The Kier molecular flexibility index (Phi) is 10.0. The molecule has 5 heteroatoms. The summed E-state index contributed by atoms with van der Waals surface area (Å²) < 4.78 is 5.47. The molecule has 0 aromatic carbocycles. The van der Waals surface area contributed by atoms with Crippen molar-refractivity contribution >= 4 is 40.0 Å². The molecule has 2 nitrogen and oxygen atoms in total. The summed E-state index contributed by atoms with van der Waals surface area (Å²) in [7, 11) is 0. The van der Waals surface area contributed by atoms with Crippen LogP contribution < -0.4 is 0 Å². The molecule has 0 N–H and O–H groups in total. The molecular weight excluding hydrogens is 452 g/mol. The van der Waals surface area contributed by atoms with Gasteiger partial charge >= 0.3 is 5.97 Å². The molecule has 174 valence electrons. The third-order valence-electron chi connectivity index (χ3n) is 5.83. The molecule has 1 atom stereocenters. The van der Waals surface area contributed by atoms with Crippen molar-refractivity contribution in [2.45, 2.75) is 79.1 Å². The highest BCUT2D eigenvalue weighted by atomic mass is 32.1. The lowest BCUT2D eigenvalue weighted by Crippen LogP contribution is -2.10. The van der Waals surface area contributed by atoms with Gasteiger partial charge in [0.05, 0.1) is 6.61 Å². The van der Waals surface area contributed by atoms with Crippen molar-refractivity contribution in [1.82, 2.24) is 0 Å². The second-order valence-electron chi connectivity index (χ2n) is 8.68. The number of rotatable bonds is 13. The maximum atomic E-state index is 12.4. The third kappa shape index (κ3) is 7.03. The average Bonchev–Trinajstić information content (AvgIpc) is 3.53. The van der Waals surface area contributed by atoms with Crippen LogP contribution in [0.3, 0.4) is 0 Å². The minimum atomic E-state index is -0.201. The van der Waals surface area contributed by atoms with Crippen LogP contribution in [0.4, 0.5) is 0 Å². The van der Waals surface area contributed by atoms with Gasteiger partial charge in [-0.1, -0.05) is 59.3 Å². The van der Waals surface area contributed by atoms with Crippen molar-refractivity contribution in [2.24, 2.45) is 5.92 Å². The molecule has 0 aliphatic heterocycles. The van der Waals surface area contributed by atoms with Gasteiger partial charge < -0.3 is 4.74 Å². The highest BCUT2D eigenvalue weighted by molar-refractivity contribution is 7.27. The number of ether oxygens (including phenoxy) is 1. The van der Waals surface area contributed by atoms with Gasteiger partial charge in [-0.05, 0) is 61.6 Å². The fourth-order valence-corrected chi connectivity index (χ4v) is 6.93. The molecular formula is C27H36O2S3. The molecule has 0 aliphatic rings. The summed E-state index contributed by atoms with van der Waals surface area (Å²) in [4.78, 5) is 19.6. The van der Waals surface area contributed by atoms with Gasteiger partial charge in [0, 0.05) is 24.4 Å². The number of aryl methyl sites for hydroxylation is 2. The van der Waals surface area contributed by atoms with E-state index in [1.807, 2.05) is 28.7 Å². The van der Waals surface area contributed by atoms with E-state index >= 15 is 0 Å². The molecule has 0 amide bonds. The van der Waals surface area contributed by atoms with E-state index in [2.05, 4.69) is 52.0 Å². The minimum Gasteiger partial charge on any atom is -0.461 e. The second kappa shape index (κ2) is 12.7. The van der Waals surface area contributed by atoms with Crippen LogP contribution in [-0.4, -0.2) is 12.6 Å². The Balaban J connectivity index is 1.60. The van der Waals surface area contributed by atoms with Gasteiger partial charge in [0.15, 0.2) is 0 Å². The SMILES string of the molecule is CCCCCCCCc1ccc(-c2sc(-c3ccc(C(=O)OC[C@H](C)CC)s3)cc2C)s1. The first-order valence-electron chi connectivity index (χ1n) is 12.0. The van der Waals surface area contributed by atoms with E-state index < -0.39 is 0 Å². The Morgan fingerprint density at radius 3 is 2.44 bits per heavy atom. The Labute approximate surface area is 205 Å². The second-order valence-corrected chi connectivity index (χ2v) is 12.0. The predicted octanol–water partition coefficient (Wildman–Crippen LogP) is 9.62. The standard InChI is InChI=1S/C27H36O2S3/c1-5-7-8-9-10-11-12-21-13-14-23(30-21)26-20(4)17-25(32-26)22-15-16-24(31-22)27(28)29-18-19(3)6-2/h13-17,19H,5-12,18H2,1-4H3/t19-/m1/s1. The first kappa shape index (κ1) is 25.2. The van der Waals surface area contributed by atoms with E-state index in [1.54, 1.807) is 0 Å². The zero-order valence-electron chi connectivity index (χ0n) is 19.9. The third-order valence-corrected chi connectivity index (χ3v) is 9.65. The number of carbonyl (C=O) groups is 1. The molecule has 0 saturated heterocycles. The lowest BCUT2D eigenvalue weighted by molar-refractivity contribution is 0.0453. The van der Waals surface area contributed by atoms with Crippen molar-refractivity contribution in [3.63, 3.8) is 0 Å². The van der Waals surface area contributed by atoms with Crippen molar-refractivity contribution in [3.05, 3.63) is 45.6 Å². The van der Waals surface area contributed by atoms with E-state index in [4.69, 9.17) is 4.74 Å². The number of hydrogen-bond acceptors (Lipinski definition) is 5. The van der Waals surface area contributed by atoms with Crippen LogP contribution in [0.5, 0.6) is 0 Å². The summed E-state index contributed by atoms with van der Waals surface area (Å²) in [6.45, 7) is 9.17. The smallest absolute Gasteiger partial charge is 0.348 e. The number of thiophene rings is 3. The number of carbonyl (C=O) groups excluding carboxylic acids is 1. The molecule has 0 saturated carbocycles. The van der Waals surface area contributed by atoms with Crippen LogP contribution in [-0.2, 0) is 11.2 Å². The van der Waals surface area contributed by atoms with Crippen molar-refractivity contribution in [3.8, 4) is 19.5 Å². The van der Waals surface area contributed by atoms with Gasteiger partial charge in [0.25, 0.3) is 0 Å². The van der Waals surface area contributed by atoms with Gasteiger partial charge in [-0.15, -0.1) is 34.0 Å². The number of hydrogen-bond donors (Lipinski definition) is 0. The number of esters is 1. The molecule has 0 spiro atoms. The molecule has 0 bridgehead atoms. The predicted molar refractivity (Wildman–Crippen MR) is 142 cm³/mol. The van der Waals surface area contributed by atoms with Crippen LogP contribution in [0.15, 0.2) is 30.3 Å². The molecule has 3 aromatic rings. The number of unbranched alkanes of at least 4 members (excludes halogenated alkanes) is 5. The first-order valence-corrected chi connectivity index (χ1v) is 14.4. The maximum Gasteiger partial charge on any atom is 0.348 e. The molecule has 3 heterocycles. The Morgan fingerprint density at radius 1 is 0.906 bits per heavy atom. The molecule has 0 fully saturated rings. The maximum absolute atomic E-state index is 12.4. The van der Waals surface area contributed by atoms with E-state index in [0.29, 0.717) is 17.4 Å². The van der Waals surface area contributed by atoms with Crippen molar-refractivity contribution in [2.75, 3.05) is 6.61 Å². The lowest BCUT2D eigenvalue weighted by Gasteiger charge is -2.08. The summed E-state index contributed by atoms with van der Waals surface area (Å²) in [6, 6.07) is 10.8. The molecule has 0 aliphatic carbocycles. The van der Waals surface area contributed by atoms with E-state index in [9.17, 15) is 4.79 Å². The van der Waals surface area contributed by atoms with Crippen LogP contribution in [0.25, 0.3) is 19.5 Å². The Morgan fingerprint density at radius 2 is 1.66 bits per heavy atom. The minimum absolute atomic E-state index is 0.201. The summed E-state index contributed by atoms with van der Waals surface area (Å²) in [5.74, 6) is 0.199. The van der Waals surface area contributed by atoms with Gasteiger partial charge in [-0.2, -0.15) is 0 Å². The fourth-order valence-electron chi connectivity index (χ4n) is 3.55. The molecule has 0 radical (unpaired) electrons. The summed E-state index contributed by atoms with van der Waals surface area (Å²) in [6.07, 6.45) is 10.3. The van der Waals surface area contributed by atoms with Crippen LogP contribution in [0, 0.1) is 12.8 Å². The summed E-state index contributed by atoms with van der Waals surface area (Å²) in [5.41, 5.74) is 1.31. The van der Waals surface area contributed by atoms with Gasteiger partial charge in [0.1, 0.15) is 4.88 Å². The Hall–Kier alpha value is -1.43. The Bertz CT molecular complexity index is 979. The van der Waals surface area contributed by atoms with Crippen molar-refractivity contribution in [1.29, 1.82) is 0 Å². The molecule has 3 rings (SSSR count). The molecule has 3 aromatic heterocycles. The monoisotopic (exact) mass is 488 g/mol. The largest absolute Gasteiger partial charge is 0.461 e. The zero-order valence-corrected chi connectivity index (χ0v) is 22.3.